The van der Waals surface area contributed by atoms with Crippen LogP contribution in [0.3, 0.4) is 0 Å². The van der Waals surface area contributed by atoms with Crippen LogP contribution >= 0.6 is 23.2 Å². The summed E-state index contributed by atoms with van der Waals surface area (Å²) in [6.45, 7) is 4.19. The minimum absolute atomic E-state index is 0.257. The lowest BCUT2D eigenvalue weighted by atomic mass is 10.1. The Morgan fingerprint density at radius 1 is 1.10 bits per heavy atom. The molecule has 0 atom stereocenters. The van der Waals surface area contributed by atoms with Crippen molar-refractivity contribution in [2.24, 2.45) is 0 Å². The predicted octanol–water partition coefficient (Wildman–Crippen LogP) is 4.47. The Morgan fingerprint density at radius 3 is 2.72 bits per heavy atom. The van der Waals surface area contributed by atoms with E-state index in [0.29, 0.717) is 21.4 Å². The Hall–Kier alpha value is -2.38. The third kappa shape index (κ3) is 4.97. The molecule has 150 valence electrons. The number of hydrogen-bond donors (Lipinski definition) is 2. The van der Waals surface area contributed by atoms with Gasteiger partial charge < -0.3 is 10.1 Å². The zero-order valence-electron chi connectivity index (χ0n) is 15.6. The first kappa shape index (κ1) is 19.9. The van der Waals surface area contributed by atoms with Crippen molar-refractivity contribution in [3.63, 3.8) is 0 Å². The van der Waals surface area contributed by atoms with E-state index >= 15 is 0 Å². The molecular weight excluding hydrogens is 411 g/mol. The molecule has 6 nitrogen and oxygen atoms in total. The highest BCUT2D eigenvalue weighted by Crippen LogP contribution is 2.28. The molecule has 1 fully saturated rings. The van der Waals surface area contributed by atoms with Crippen LogP contribution in [0.2, 0.25) is 10.0 Å². The number of amides is 1. The fourth-order valence-electron chi connectivity index (χ4n) is 3.20. The van der Waals surface area contributed by atoms with Crippen molar-refractivity contribution in [3.8, 4) is 11.3 Å². The fraction of sp³-hybridized carbons (Fsp3) is 0.238. The SMILES string of the molecule is O=C(Nc1cccc(CN2CCOCC2)c1)c1cc(-c2ccc(Cl)c(Cl)c2)n[nH]1. The van der Waals surface area contributed by atoms with Gasteiger partial charge in [0, 0.05) is 30.9 Å². The van der Waals surface area contributed by atoms with Crippen LogP contribution in [0.25, 0.3) is 11.3 Å². The third-order valence-corrected chi connectivity index (χ3v) is 5.47. The number of nitrogens with zero attached hydrogens (tertiary/aromatic N) is 2. The molecule has 29 heavy (non-hydrogen) atoms. The van der Waals surface area contributed by atoms with E-state index in [1.807, 2.05) is 18.2 Å². The lowest BCUT2D eigenvalue weighted by Gasteiger charge is -2.26. The number of carbonyl (C=O) groups excluding carboxylic acids is 1. The summed E-state index contributed by atoms with van der Waals surface area (Å²) in [6, 6.07) is 14.8. The van der Waals surface area contributed by atoms with E-state index in [1.54, 1.807) is 24.3 Å². The molecule has 2 N–H and O–H groups in total. The summed E-state index contributed by atoms with van der Waals surface area (Å²) >= 11 is 12.0. The summed E-state index contributed by atoms with van der Waals surface area (Å²) in [6.07, 6.45) is 0. The number of ether oxygens (including phenoxy) is 1. The van der Waals surface area contributed by atoms with Crippen LogP contribution in [-0.4, -0.2) is 47.3 Å². The maximum Gasteiger partial charge on any atom is 0.273 e. The number of benzene rings is 2. The van der Waals surface area contributed by atoms with Crippen LogP contribution < -0.4 is 5.32 Å². The number of nitrogens with one attached hydrogen (secondary N) is 2. The van der Waals surface area contributed by atoms with Gasteiger partial charge in [-0.25, -0.2) is 0 Å². The monoisotopic (exact) mass is 430 g/mol. The van der Waals surface area contributed by atoms with Gasteiger partial charge >= 0.3 is 0 Å². The van der Waals surface area contributed by atoms with E-state index in [9.17, 15) is 4.79 Å². The van der Waals surface area contributed by atoms with Crippen molar-refractivity contribution >= 4 is 34.8 Å². The van der Waals surface area contributed by atoms with E-state index in [4.69, 9.17) is 27.9 Å². The Bertz CT molecular complexity index is 1020. The van der Waals surface area contributed by atoms with Crippen LogP contribution in [0.15, 0.2) is 48.5 Å². The first-order valence-electron chi connectivity index (χ1n) is 9.30. The first-order chi connectivity index (χ1) is 14.1. The molecule has 1 aliphatic heterocycles. The van der Waals surface area contributed by atoms with Gasteiger partial charge in [-0.2, -0.15) is 5.10 Å². The summed E-state index contributed by atoms with van der Waals surface area (Å²) in [7, 11) is 0. The largest absolute Gasteiger partial charge is 0.379 e. The highest BCUT2D eigenvalue weighted by Gasteiger charge is 2.14. The lowest BCUT2D eigenvalue weighted by molar-refractivity contribution is 0.0342. The molecule has 1 amide bonds. The predicted molar refractivity (Wildman–Crippen MR) is 115 cm³/mol. The number of rotatable bonds is 5. The fourth-order valence-corrected chi connectivity index (χ4v) is 3.50. The van der Waals surface area contributed by atoms with Crippen molar-refractivity contribution in [2.45, 2.75) is 6.54 Å². The average molecular weight is 431 g/mol. The second-order valence-electron chi connectivity index (χ2n) is 6.84. The molecule has 0 saturated carbocycles. The van der Waals surface area contributed by atoms with Crippen molar-refractivity contribution in [2.75, 3.05) is 31.6 Å². The van der Waals surface area contributed by atoms with Gasteiger partial charge in [-0.05, 0) is 35.9 Å². The highest BCUT2D eigenvalue weighted by molar-refractivity contribution is 6.42. The van der Waals surface area contributed by atoms with Crippen LogP contribution in [0.4, 0.5) is 5.69 Å². The molecule has 0 spiro atoms. The standard InChI is InChI=1S/C21H20Cl2N4O2/c22-17-5-4-15(11-18(17)23)19-12-20(26-25-19)21(28)24-16-3-1-2-14(10-16)13-27-6-8-29-9-7-27/h1-5,10-12H,6-9,13H2,(H,24,28)(H,25,26). The number of aromatic amines is 1. The Kier molecular flexibility index (Phi) is 6.16. The first-order valence-corrected chi connectivity index (χ1v) is 10.1. The summed E-state index contributed by atoms with van der Waals surface area (Å²) < 4.78 is 5.39. The van der Waals surface area contributed by atoms with E-state index in [1.165, 1.54) is 0 Å². The molecule has 1 saturated heterocycles. The number of anilines is 1. The number of morpholine rings is 1. The molecule has 8 heteroatoms. The molecule has 1 aliphatic rings. The minimum atomic E-state index is -0.257. The van der Waals surface area contributed by atoms with Gasteiger partial charge in [-0.1, -0.05) is 41.4 Å². The molecule has 0 unspecified atom stereocenters. The minimum Gasteiger partial charge on any atom is -0.379 e. The number of hydrogen-bond acceptors (Lipinski definition) is 4. The van der Waals surface area contributed by atoms with Gasteiger partial charge in [-0.15, -0.1) is 0 Å². The number of H-pyrrole nitrogens is 1. The van der Waals surface area contributed by atoms with Crippen molar-refractivity contribution in [1.82, 2.24) is 15.1 Å². The molecule has 0 radical (unpaired) electrons. The van der Waals surface area contributed by atoms with E-state index < -0.39 is 0 Å². The van der Waals surface area contributed by atoms with Gasteiger partial charge in [0.25, 0.3) is 5.91 Å². The van der Waals surface area contributed by atoms with Crippen molar-refractivity contribution in [1.29, 1.82) is 0 Å². The average Bonchev–Trinajstić information content (AvgIpc) is 3.22. The van der Waals surface area contributed by atoms with Gasteiger partial charge in [0.1, 0.15) is 5.69 Å². The lowest BCUT2D eigenvalue weighted by Crippen LogP contribution is -2.35. The number of halogens is 2. The second-order valence-corrected chi connectivity index (χ2v) is 7.65. The maximum atomic E-state index is 12.6. The molecule has 4 rings (SSSR count). The number of aromatic nitrogens is 2. The highest BCUT2D eigenvalue weighted by atomic mass is 35.5. The van der Waals surface area contributed by atoms with E-state index in [-0.39, 0.29) is 5.91 Å². The number of carbonyl (C=O) groups is 1. The molecular formula is C21H20Cl2N4O2. The smallest absolute Gasteiger partial charge is 0.273 e. The van der Waals surface area contributed by atoms with Crippen LogP contribution in [0, 0.1) is 0 Å². The molecule has 1 aromatic heterocycles. The zero-order valence-corrected chi connectivity index (χ0v) is 17.1. The van der Waals surface area contributed by atoms with Gasteiger partial charge in [0.15, 0.2) is 0 Å². The molecule has 2 heterocycles. The maximum absolute atomic E-state index is 12.6. The van der Waals surface area contributed by atoms with Gasteiger partial charge in [0.05, 0.1) is 29.0 Å². The third-order valence-electron chi connectivity index (χ3n) is 4.73. The zero-order chi connectivity index (χ0) is 20.2. The van der Waals surface area contributed by atoms with Crippen molar-refractivity contribution in [3.05, 3.63) is 69.8 Å². The molecule has 2 aromatic carbocycles. The van der Waals surface area contributed by atoms with Gasteiger partial charge in [0.2, 0.25) is 0 Å². The Balaban J connectivity index is 1.43. The molecule has 0 bridgehead atoms. The van der Waals surface area contributed by atoms with E-state index in [2.05, 4.69) is 26.5 Å². The summed E-state index contributed by atoms with van der Waals surface area (Å²) in [5, 5.41) is 10.8. The normalized spacial score (nSPS) is 14.7. The summed E-state index contributed by atoms with van der Waals surface area (Å²) in [5.74, 6) is -0.257. The summed E-state index contributed by atoms with van der Waals surface area (Å²) in [4.78, 5) is 15.0. The van der Waals surface area contributed by atoms with E-state index in [0.717, 1.165) is 49.7 Å². The summed E-state index contributed by atoms with van der Waals surface area (Å²) in [5.41, 5.74) is 3.65. The molecule has 3 aromatic rings. The second kappa shape index (κ2) is 8.97. The van der Waals surface area contributed by atoms with Gasteiger partial charge in [-0.3, -0.25) is 14.8 Å². The van der Waals surface area contributed by atoms with Crippen LogP contribution in [0.5, 0.6) is 0 Å². The van der Waals surface area contributed by atoms with Crippen LogP contribution in [-0.2, 0) is 11.3 Å². The van der Waals surface area contributed by atoms with Crippen molar-refractivity contribution < 1.29 is 9.53 Å². The Morgan fingerprint density at radius 2 is 1.93 bits per heavy atom. The topological polar surface area (TPSA) is 70.2 Å². The quantitative estimate of drug-likeness (QED) is 0.626. The Labute approximate surface area is 178 Å². The molecule has 0 aliphatic carbocycles. The van der Waals surface area contributed by atoms with Crippen LogP contribution in [0.1, 0.15) is 16.1 Å².